The highest BCUT2D eigenvalue weighted by Crippen LogP contribution is 1.73. The molecular formula is C10H18N8. The molecule has 0 aliphatic heterocycles. The summed E-state index contributed by atoms with van der Waals surface area (Å²) in [7, 11) is 0. The molecule has 2 aromatic rings. The van der Waals surface area contributed by atoms with Crippen LogP contribution in [0.2, 0.25) is 0 Å². The number of rotatable bonds is 0. The molecule has 0 aromatic carbocycles. The number of H-pyrrole nitrogens is 1. The summed E-state index contributed by atoms with van der Waals surface area (Å²) in [4.78, 5) is 10.2. The highest BCUT2D eigenvalue weighted by atomic mass is 14.9. The first kappa shape index (κ1) is 17.5. The number of nitrogens with two attached hydrogens (primary N) is 3. The zero-order valence-electron chi connectivity index (χ0n) is 9.82. The normalized spacial score (nSPS) is 6.89. The van der Waals surface area contributed by atoms with E-state index in [1.807, 2.05) is 18.2 Å². The van der Waals surface area contributed by atoms with Gasteiger partial charge < -0.3 is 22.2 Å². The largest absolute Gasteiger partial charge is 0.390 e. The third-order valence-electron chi connectivity index (χ3n) is 0.972. The SMILES string of the molecule is N=C(N)N.N=CN.c1c[nH]cn1.c1ccncc1. The summed E-state index contributed by atoms with van der Waals surface area (Å²) in [5.74, 6) is -0.333. The molecule has 0 amide bonds. The van der Waals surface area contributed by atoms with Gasteiger partial charge in [-0.25, -0.2) is 4.98 Å². The maximum atomic E-state index is 6.06. The Balaban J connectivity index is 0. The number of hydrogen-bond donors (Lipinski definition) is 6. The molecule has 18 heavy (non-hydrogen) atoms. The van der Waals surface area contributed by atoms with E-state index in [0.717, 1.165) is 6.34 Å². The number of hydrogen-bond acceptors (Lipinski definition) is 4. The van der Waals surface area contributed by atoms with Crippen LogP contribution < -0.4 is 17.2 Å². The summed E-state index contributed by atoms with van der Waals surface area (Å²) in [6.07, 6.45) is 9.33. The van der Waals surface area contributed by atoms with Gasteiger partial charge in [0.05, 0.1) is 12.7 Å². The maximum Gasteiger partial charge on any atom is 0.183 e. The molecule has 2 heterocycles. The molecule has 9 N–H and O–H groups in total. The first-order valence-electron chi connectivity index (χ1n) is 4.73. The second-order valence-corrected chi connectivity index (χ2v) is 2.41. The number of pyridine rings is 1. The highest BCUT2D eigenvalue weighted by molar-refractivity contribution is 5.71. The van der Waals surface area contributed by atoms with Crippen LogP contribution in [-0.4, -0.2) is 27.3 Å². The maximum absolute atomic E-state index is 6.06. The molecule has 0 fully saturated rings. The quantitative estimate of drug-likeness (QED) is 0.282. The lowest BCUT2D eigenvalue weighted by atomic mass is 10.5. The van der Waals surface area contributed by atoms with Crippen LogP contribution in [0, 0.1) is 10.8 Å². The second-order valence-electron chi connectivity index (χ2n) is 2.41. The van der Waals surface area contributed by atoms with Gasteiger partial charge in [-0.05, 0) is 12.1 Å². The molecule has 98 valence electrons. The average Bonchev–Trinajstić information content (AvgIpc) is 2.90. The van der Waals surface area contributed by atoms with E-state index in [4.69, 9.17) is 10.8 Å². The lowest BCUT2D eigenvalue weighted by Crippen LogP contribution is -2.20. The fourth-order valence-electron chi connectivity index (χ4n) is 0.528. The van der Waals surface area contributed by atoms with Crippen molar-refractivity contribution in [3.05, 3.63) is 49.3 Å². The van der Waals surface area contributed by atoms with E-state index in [2.05, 4.69) is 32.2 Å². The van der Waals surface area contributed by atoms with Crippen molar-refractivity contribution in [1.82, 2.24) is 15.0 Å². The van der Waals surface area contributed by atoms with E-state index in [0.29, 0.717) is 0 Å². The van der Waals surface area contributed by atoms with Gasteiger partial charge in [-0.2, -0.15) is 0 Å². The van der Waals surface area contributed by atoms with Gasteiger partial charge in [-0.1, -0.05) is 6.07 Å². The Kier molecular flexibility index (Phi) is 16.1. The van der Waals surface area contributed by atoms with Gasteiger partial charge >= 0.3 is 0 Å². The number of aromatic nitrogens is 3. The monoisotopic (exact) mass is 250 g/mol. The average molecular weight is 250 g/mol. The molecule has 2 rings (SSSR count). The molecule has 0 aliphatic carbocycles. The van der Waals surface area contributed by atoms with E-state index < -0.39 is 0 Å². The number of aromatic amines is 1. The minimum atomic E-state index is -0.333. The molecule has 0 unspecified atom stereocenters. The van der Waals surface area contributed by atoms with E-state index in [1.54, 1.807) is 31.1 Å². The Morgan fingerprint density at radius 2 is 1.56 bits per heavy atom. The van der Waals surface area contributed by atoms with Gasteiger partial charge in [-0.15, -0.1) is 0 Å². The summed E-state index contributed by atoms with van der Waals surface area (Å²) in [6.45, 7) is 0. The zero-order chi connectivity index (χ0) is 14.1. The molecule has 8 nitrogen and oxygen atoms in total. The summed E-state index contributed by atoms with van der Waals surface area (Å²) < 4.78 is 0. The molecule has 0 bridgehead atoms. The number of nitrogens with one attached hydrogen (secondary N) is 3. The van der Waals surface area contributed by atoms with Crippen LogP contribution in [0.25, 0.3) is 0 Å². The van der Waals surface area contributed by atoms with E-state index in [1.165, 1.54) is 0 Å². The van der Waals surface area contributed by atoms with Crippen LogP contribution >= 0.6 is 0 Å². The van der Waals surface area contributed by atoms with Crippen molar-refractivity contribution in [1.29, 1.82) is 10.8 Å². The van der Waals surface area contributed by atoms with Crippen LogP contribution in [-0.2, 0) is 0 Å². The summed E-state index contributed by atoms with van der Waals surface area (Å²) in [5, 5.41) is 11.9. The highest BCUT2D eigenvalue weighted by Gasteiger charge is 1.58. The first-order chi connectivity index (χ1) is 8.65. The molecular weight excluding hydrogens is 232 g/mol. The molecule has 0 atom stereocenters. The van der Waals surface area contributed by atoms with Gasteiger partial charge in [0.15, 0.2) is 5.96 Å². The first-order valence-corrected chi connectivity index (χ1v) is 4.73. The van der Waals surface area contributed by atoms with Gasteiger partial charge in [0, 0.05) is 24.8 Å². The van der Waals surface area contributed by atoms with Crippen molar-refractivity contribution in [2.45, 2.75) is 0 Å². The fourth-order valence-corrected chi connectivity index (χ4v) is 0.528. The minimum Gasteiger partial charge on any atom is -0.390 e. The number of imidazole rings is 1. The second kappa shape index (κ2) is 16.5. The van der Waals surface area contributed by atoms with Gasteiger partial charge in [0.2, 0.25) is 0 Å². The molecule has 0 radical (unpaired) electrons. The Bertz CT molecular complexity index is 311. The van der Waals surface area contributed by atoms with Crippen molar-refractivity contribution < 1.29 is 0 Å². The summed E-state index contributed by atoms with van der Waals surface area (Å²) in [5.41, 5.74) is 13.3. The van der Waals surface area contributed by atoms with Gasteiger partial charge in [0.1, 0.15) is 0 Å². The fraction of sp³-hybridized carbons (Fsp3) is 0. The molecule has 2 aromatic heterocycles. The molecule has 0 aliphatic rings. The van der Waals surface area contributed by atoms with Crippen LogP contribution in [0.1, 0.15) is 0 Å². The lowest BCUT2D eigenvalue weighted by Gasteiger charge is -1.70. The van der Waals surface area contributed by atoms with Crippen LogP contribution in [0.3, 0.4) is 0 Å². The third-order valence-corrected chi connectivity index (χ3v) is 0.972. The lowest BCUT2D eigenvalue weighted by molar-refractivity contribution is 1.31. The van der Waals surface area contributed by atoms with E-state index >= 15 is 0 Å². The Hall–Kier alpha value is -2.90. The van der Waals surface area contributed by atoms with E-state index in [9.17, 15) is 0 Å². The standard InChI is InChI=1S/C5H5N.C3H4N2.CH5N3.CH4N2/c1-2-4-6-5-3-1;1-2-5-3-4-1;2-1(3)4;2-1-3/h1-5H;1-3H,(H,4,5);(H5,2,3,4);1H,(H3,2,3). The molecule has 0 saturated heterocycles. The predicted octanol–water partition coefficient (Wildman–Crippen LogP) is -0.118. The topological polar surface area (TPSA) is 167 Å². The number of guanidine groups is 1. The minimum absolute atomic E-state index is 0.333. The van der Waals surface area contributed by atoms with Crippen LogP contribution in [0.4, 0.5) is 0 Å². The predicted molar refractivity (Wildman–Crippen MR) is 71.9 cm³/mol. The van der Waals surface area contributed by atoms with Crippen LogP contribution in [0.15, 0.2) is 49.3 Å². The van der Waals surface area contributed by atoms with Crippen molar-refractivity contribution in [3.8, 4) is 0 Å². The van der Waals surface area contributed by atoms with Crippen LogP contribution in [0.5, 0.6) is 0 Å². The molecule has 0 saturated carbocycles. The van der Waals surface area contributed by atoms with Crippen molar-refractivity contribution in [2.75, 3.05) is 0 Å². The van der Waals surface area contributed by atoms with Crippen molar-refractivity contribution >= 4 is 12.3 Å². The Morgan fingerprint density at radius 1 is 1.06 bits per heavy atom. The molecule has 0 spiro atoms. The Morgan fingerprint density at radius 3 is 1.67 bits per heavy atom. The Labute approximate surface area is 105 Å². The van der Waals surface area contributed by atoms with Crippen molar-refractivity contribution in [2.24, 2.45) is 17.2 Å². The summed E-state index contributed by atoms with van der Waals surface area (Å²) in [6, 6.07) is 5.72. The number of nitrogens with zero attached hydrogens (tertiary/aromatic N) is 2. The zero-order valence-corrected chi connectivity index (χ0v) is 9.82. The van der Waals surface area contributed by atoms with Gasteiger partial charge in [0.25, 0.3) is 0 Å². The van der Waals surface area contributed by atoms with Gasteiger partial charge in [-0.3, -0.25) is 15.8 Å². The summed E-state index contributed by atoms with van der Waals surface area (Å²) >= 11 is 0. The molecule has 8 heteroatoms. The smallest absolute Gasteiger partial charge is 0.183 e. The van der Waals surface area contributed by atoms with E-state index in [-0.39, 0.29) is 5.96 Å². The third kappa shape index (κ3) is 29.2. The van der Waals surface area contributed by atoms with Crippen molar-refractivity contribution in [3.63, 3.8) is 0 Å².